The maximum Gasteiger partial charge on any atom is 0.326 e. The van der Waals surface area contributed by atoms with Crippen molar-refractivity contribution in [1.82, 2.24) is 5.32 Å². The largest absolute Gasteiger partial charge is 0.480 e. The van der Waals surface area contributed by atoms with Gasteiger partial charge in [-0.25, -0.2) is 4.79 Å². The molecule has 0 fully saturated rings. The van der Waals surface area contributed by atoms with E-state index in [1.165, 1.54) is 0 Å². The smallest absolute Gasteiger partial charge is 0.326 e. The molecule has 18 heavy (non-hydrogen) atoms. The van der Waals surface area contributed by atoms with Gasteiger partial charge in [-0.2, -0.15) is 0 Å². The Labute approximate surface area is 107 Å². The Morgan fingerprint density at radius 1 is 1.22 bits per heavy atom. The number of aryl methyl sites for hydroxylation is 2. The second kappa shape index (κ2) is 5.67. The van der Waals surface area contributed by atoms with Gasteiger partial charge in [0.25, 0.3) is 5.91 Å². The Hall–Kier alpha value is -1.84. The van der Waals surface area contributed by atoms with Crippen LogP contribution in [0.25, 0.3) is 0 Å². The van der Waals surface area contributed by atoms with Gasteiger partial charge in [-0.15, -0.1) is 0 Å². The van der Waals surface area contributed by atoms with Crippen molar-refractivity contribution in [3.8, 4) is 0 Å². The van der Waals surface area contributed by atoms with Crippen molar-refractivity contribution in [3.63, 3.8) is 0 Å². The number of carbonyl (C=O) groups is 2. The van der Waals surface area contributed by atoms with E-state index in [1.807, 2.05) is 26.0 Å². The van der Waals surface area contributed by atoms with Gasteiger partial charge in [-0.1, -0.05) is 31.5 Å². The summed E-state index contributed by atoms with van der Waals surface area (Å²) in [6.07, 6.45) is 0. The number of hydrogen-bond acceptors (Lipinski definition) is 2. The van der Waals surface area contributed by atoms with Gasteiger partial charge in [0, 0.05) is 5.56 Å². The van der Waals surface area contributed by atoms with E-state index >= 15 is 0 Å². The Bertz CT molecular complexity index is 466. The summed E-state index contributed by atoms with van der Waals surface area (Å²) in [6, 6.07) is 4.60. The van der Waals surface area contributed by atoms with Crippen LogP contribution in [0.1, 0.15) is 35.3 Å². The lowest BCUT2D eigenvalue weighted by Gasteiger charge is -2.18. The molecule has 98 valence electrons. The maximum absolute atomic E-state index is 12.0. The van der Waals surface area contributed by atoms with Gasteiger partial charge in [0.15, 0.2) is 0 Å². The zero-order valence-corrected chi connectivity index (χ0v) is 11.2. The third-order valence-corrected chi connectivity index (χ3v) is 2.85. The summed E-state index contributed by atoms with van der Waals surface area (Å²) in [5.41, 5.74) is 2.44. The molecule has 1 atom stereocenters. The van der Waals surface area contributed by atoms with Crippen molar-refractivity contribution >= 4 is 11.9 Å². The fourth-order valence-electron chi connectivity index (χ4n) is 1.80. The molecule has 0 bridgehead atoms. The van der Waals surface area contributed by atoms with Crippen LogP contribution in [0.5, 0.6) is 0 Å². The topological polar surface area (TPSA) is 66.4 Å². The maximum atomic E-state index is 12.0. The number of benzene rings is 1. The molecule has 1 aromatic carbocycles. The van der Waals surface area contributed by atoms with Gasteiger partial charge in [0.2, 0.25) is 0 Å². The monoisotopic (exact) mass is 249 g/mol. The molecule has 4 heteroatoms. The fraction of sp³-hybridized carbons (Fsp3) is 0.429. The van der Waals surface area contributed by atoms with Crippen LogP contribution in [-0.2, 0) is 4.79 Å². The quantitative estimate of drug-likeness (QED) is 0.859. The summed E-state index contributed by atoms with van der Waals surface area (Å²) < 4.78 is 0. The first-order valence-corrected chi connectivity index (χ1v) is 5.94. The van der Waals surface area contributed by atoms with Gasteiger partial charge in [-0.3, -0.25) is 4.79 Å². The second-order valence-electron chi connectivity index (χ2n) is 4.85. The zero-order chi connectivity index (χ0) is 13.9. The molecule has 0 aliphatic rings. The van der Waals surface area contributed by atoms with Crippen molar-refractivity contribution in [2.24, 2.45) is 5.92 Å². The van der Waals surface area contributed by atoms with Crippen molar-refractivity contribution in [3.05, 3.63) is 34.9 Å². The van der Waals surface area contributed by atoms with Crippen LogP contribution in [-0.4, -0.2) is 23.0 Å². The van der Waals surface area contributed by atoms with Gasteiger partial charge in [0.05, 0.1) is 0 Å². The van der Waals surface area contributed by atoms with Gasteiger partial charge < -0.3 is 10.4 Å². The van der Waals surface area contributed by atoms with Crippen molar-refractivity contribution < 1.29 is 14.7 Å². The molecule has 0 aliphatic carbocycles. The summed E-state index contributed by atoms with van der Waals surface area (Å²) >= 11 is 0. The fourth-order valence-corrected chi connectivity index (χ4v) is 1.80. The Balaban J connectivity index is 2.91. The molecule has 0 saturated carbocycles. The Kier molecular flexibility index (Phi) is 4.48. The van der Waals surface area contributed by atoms with E-state index in [1.54, 1.807) is 19.9 Å². The Morgan fingerprint density at radius 2 is 1.83 bits per heavy atom. The highest BCUT2D eigenvalue weighted by Crippen LogP contribution is 2.11. The molecule has 1 amide bonds. The molecule has 0 heterocycles. The molecule has 0 unspecified atom stereocenters. The molecule has 1 aromatic rings. The molecular weight excluding hydrogens is 230 g/mol. The minimum Gasteiger partial charge on any atom is -0.480 e. The van der Waals surface area contributed by atoms with Crippen LogP contribution >= 0.6 is 0 Å². The van der Waals surface area contributed by atoms with Crippen molar-refractivity contribution in [2.45, 2.75) is 33.7 Å². The summed E-state index contributed by atoms with van der Waals surface area (Å²) in [5.74, 6) is -1.51. The van der Waals surface area contributed by atoms with E-state index < -0.39 is 12.0 Å². The van der Waals surface area contributed by atoms with Crippen LogP contribution < -0.4 is 5.32 Å². The first-order valence-electron chi connectivity index (χ1n) is 5.94. The highest BCUT2D eigenvalue weighted by molar-refractivity contribution is 5.97. The molecule has 1 rings (SSSR count). The highest BCUT2D eigenvalue weighted by atomic mass is 16.4. The third-order valence-electron chi connectivity index (χ3n) is 2.85. The molecule has 2 N–H and O–H groups in total. The lowest BCUT2D eigenvalue weighted by atomic mass is 10.0. The Morgan fingerprint density at radius 3 is 2.28 bits per heavy atom. The summed E-state index contributed by atoms with van der Waals surface area (Å²) in [6.45, 7) is 7.32. The molecule has 4 nitrogen and oxygen atoms in total. The van der Waals surface area contributed by atoms with Crippen LogP contribution in [0, 0.1) is 19.8 Å². The van der Waals surface area contributed by atoms with E-state index in [4.69, 9.17) is 5.11 Å². The molecular formula is C14H19NO3. The lowest BCUT2D eigenvalue weighted by molar-refractivity contribution is -0.140. The summed E-state index contributed by atoms with van der Waals surface area (Å²) in [5, 5.41) is 11.6. The van der Waals surface area contributed by atoms with Gasteiger partial charge in [0.1, 0.15) is 6.04 Å². The van der Waals surface area contributed by atoms with Crippen molar-refractivity contribution in [1.29, 1.82) is 0 Å². The molecule has 0 spiro atoms. The van der Waals surface area contributed by atoms with Crippen LogP contribution in [0.2, 0.25) is 0 Å². The highest BCUT2D eigenvalue weighted by Gasteiger charge is 2.24. The first-order chi connectivity index (χ1) is 8.32. The molecule has 0 radical (unpaired) electrons. The van der Waals surface area contributed by atoms with Crippen LogP contribution in [0.4, 0.5) is 0 Å². The standard InChI is InChI=1S/C14H19NO3/c1-8(2)12(14(17)18)15-13(16)11-6-5-9(3)7-10(11)4/h5-8,12H,1-4H3,(H,15,16)(H,17,18)/t12-/m1/s1. The van der Waals surface area contributed by atoms with Crippen LogP contribution in [0.3, 0.4) is 0 Å². The predicted molar refractivity (Wildman–Crippen MR) is 69.6 cm³/mol. The van der Waals surface area contributed by atoms with E-state index in [0.717, 1.165) is 11.1 Å². The summed E-state index contributed by atoms with van der Waals surface area (Å²) in [4.78, 5) is 23.1. The number of carboxylic acid groups (broad SMARTS) is 1. The normalized spacial score (nSPS) is 12.3. The van der Waals surface area contributed by atoms with E-state index in [0.29, 0.717) is 5.56 Å². The van der Waals surface area contributed by atoms with E-state index in [-0.39, 0.29) is 11.8 Å². The zero-order valence-electron chi connectivity index (χ0n) is 11.2. The van der Waals surface area contributed by atoms with E-state index in [9.17, 15) is 9.59 Å². The second-order valence-corrected chi connectivity index (χ2v) is 4.85. The van der Waals surface area contributed by atoms with Crippen LogP contribution in [0.15, 0.2) is 18.2 Å². The minimum absolute atomic E-state index is 0.155. The average Bonchev–Trinajstić information content (AvgIpc) is 2.24. The third kappa shape index (κ3) is 3.32. The van der Waals surface area contributed by atoms with Gasteiger partial charge >= 0.3 is 5.97 Å². The number of carbonyl (C=O) groups excluding carboxylic acids is 1. The number of carboxylic acids is 1. The number of aliphatic carboxylic acids is 1. The van der Waals surface area contributed by atoms with Gasteiger partial charge in [-0.05, 0) is 31.4 Å². The predicted octanol–water partition coefficient (Wildman–Crippen LogP) is 2.14. The number of rotatable bonds is 4. The molecule has 0 aliphatic heterocycles. The van der Waals surface area contributed by atoms with E-state index in [2.05, 4.69) is 5.32 Å². The first kappa shape index (κ1) is 14.2. The number of hydrogen-bond donors (Lipinski definition) is 2. The minimum atomic E-state index is -1.01. The number of amides is 1. The van der Waals surface area contributed by atoms with Crippen molar-refractivity contribution in [2.75, 3.05) is 0 Å². The molecule has 0 aromatic heterocycles. The molecule has 0 saturated heterocycles. The lowest BCUT2D eigenvalue weighted by Crippen LogP contribution is -2.44. The average molecular weight is 249 g/mol. The summed E-state index contributed by atoms with van der Waals surface area (Å²) in [7, 11) is 0. The SMILES string of the molecule is Cc1ccc(C(=O)N[C@@H](C(=O)O)C(C)C)c(C)c1. The number of nitrogens with one attached hydrogen (secondary N) is 1.